The van der Waals surface area contributed by atoms with Crippen molar-refractivity contribution < 1.29 is 9.90 Å². The average molecular weight is 238 g/mol. The fourth-order valence-electron chi connectivity index (χ4n) is 1.23. The van der Waals surface area contributed by atoms with Gasteiger partial charge in [0.1, 0.15) is 0 Å². The van der Waals surface area contributed by atoms with Crippen LogP contribution in [-0.2, 0) is 11.3 Å². The van der Waals surface area contributed by atoms with Gasteiger partial charge >= 0.3 is 5.97 Å². The maximum absolute atomic E-state index is 10.3. The maximum atomic E-state index is 10.3. The minimum atomic E-state index is -0.872. The highest BCUT2D eigenvalue weighted by Gasteiger charge is 1.99. The molecule has 3 N–H and O–H groups in total. The normalized spacial score (nSPS) is 10.2. The molecule has 0 aliphatic carbocycles. The first-order valence-electron chi connectivity index (χ1n) is 5.69. The van der Waals surface area contributed by atoms with Gasteiger partial charge in [-0.05, 0) is 6.42 Å². The van der Waals surface area contributed by atoms with E-state index in [1.165, 1.54) is 0 Å². The zero-order valence-corrected chi connectivity index (χ0v) is 9.94. The summed E-state index contributed by atoms with van der Waals surface area (Å²) < 4.78 is 0. The molecule has 94 valence electrons. The molecule has 1 heterocycles. The van der Waals surface area contributed by atoms with E-state index in [2.05, 4.69) is 27.5 Å². The molecule has 0 spiro atoms. The van der Waals surface area contributed by atoms with Crippen molar-refractivity contribution in [3.8, 4) is 0 Å². The molecule has 0 atom stereocenters. The van der Waals surface area contributed by atoms with Crippen LogP contribution in [0.5, 0.6) is 0 Å². The number of unbranched alkanes of at least 4 members (excludes halogenated alkanes) is 1. The predicted molar refractivity (Wildman–Crippen MR) is 64.8 cm³/mol. The molecule has 0 bridgehead atoms. The van der Waals surface area contributed by atoms with Crippen molar-refractivity contribution >= 4 is 11.9 Å². The molecule has 1 rings (SSSR count). The van der Waals surface area contributed by atoms with Crippen molar-refractivity contribution in [2.45, 2.75) is 26.3 Å². The molecule has 0 aromatic carbocycles. The van der Waals surface area contributed by atoms with Gasteiger partial charge in [0, 0.05) is 31.0 Å². The second-order valence-corrected chi connectivity index (χ2v) is 3.69. The Balaban J connectivity index is 2.31. The van der Waals surface area contributed by atoms with Crippen LogP contribution >= 0.6 is 0 Å². The molecule has 1 aromatic rings. The summed E-state index contributed by atoms with van der Waals surface area (Å²) in [7, 11) is 0. The van der Waals surface area contributed by atoms with Crippen LogP contribution in [-0.4, -0.2) is 34.1 Å². The third-order valence-corrected chi connectivity index (χ3v) is 2.12. The fourth-order valence-corrected chi connectivity index (χ4v) is 1.23. The number of carboxylic acid groups (broad SMARTS) is 1. The lowest BCUT2D eigenvalue weighted by Crippen LogP contribution is -2.22. The van der Waals surface area contributed by atoms with Crippen molar-refractivity contribution in [1.29, 1.82) is 0 Å². The first kappa shape index (κ1) is 13.4. The molecule has 17 heavy (non-hydrogen) atoms. The fraction of sp³-hybridized carbons (Fsp3) is 0.545. The molecule has 0 saturated heterocycles. The second kappa shape index (κ2) is 7.56. The minimum Gasteiger partial charge on any atom is -0.480 e. The standard InChI is InChI=1S/C11H18N4O2/c1-2-3-4-13-11-14-6-9(7-15-11)5-12-8-10(16)17/h6-7,12H,2-5,8H2,1H3,(H,16,17)(H,13,14,15). The Hall–Kier alpha value is -1.69. The molecule has 6 nitrogen and oxygen atoms in total. The van der Waals surface area contributed by atoms with Crippen LogP contribution in [0, 0.1) is 0 Å². The van der Waals surface area contributed by atoms with Crippen LogP contribution in [0.4, 0.5) is 5.95 Å². The van der Waals surface area contributed by atoms with Crippen LogP contribution in [0.1, 0.15) is 25.3 Å². The first-order valence-corrected chi connectivity index (χ1v) is 5.69. The van der Waals surface area contributed by atoms with Crippen molar-refractivity contribution in [1.82, 2.24) is 15.3 Å². The molecular weight excluding hydrogens is 220 g/mol. The highest BCUT2D eigenvalue weighted by Crippen LogP contribution is 2.00. The summed E-state index contributed by atoms with van der Waals surface area (Å²) in [6.07, 6.45) is 5.60. The SMILES string of the molecule is CCCCNc1ncc(CNCC(=O)O)cn1. The van der Waals surface area contributed by atoms with Crippen LogP contribution < -0.4 is 10.6 Å². The van der Waals surface area contributed by atoms with Crippen molar-refractivity contribution in [3.63, 3.8) is 0 Å². The zero-order chi connectivity index (χ0) is 12.5. The van der Waals surface area contributed by atoms with Gasteiger partial charge in [-0.25, -0.2) is 9.97 Å². The van der Waals surface area contributed by atoms with E-state index >= 15 is 0 Å². The quantitative estimate of drug-likeness (QED) is 0.582. The molecule has 6 heteroatoms. The summed E-state index contributed by atoms with van der Waals surface area (Å²) in [4.78, 5) is 18.6. The number of carboxylic acids is 1. The number of hydrogen-bond acceptors (Lipinski definition) is 5. The summed E-state index contributed by atoms with van der Waals surface area (Å²) in [5, 5.41) is 14.3. The third kappa shape index (κ3) is 5.82. The summed E-state index contributed by atoms with van der Waals surface area (Å²) in [5.41, 5.74) is 0.868. The lowest BCUT2D eigenvalue weighted by Gasteiger charge is -2.05. The maximum Gasteiger partial charge on any atom is 0.317 e. The van der Waals surface area contributed by atoms with Gasteiger partial charge in [0.25, 0.3) is 0 Å². The molecule has 0 fully saturated rings. The van der Waals surface area contributed by atoms with Crippen LogP contribution in [0.2, 0.25) is 0 Å². The van der Waals surface area contributed by atoms with E-state index in [9.17, 15) is 4.79 Å². The summed E-state index contributed by atoms with van der Waals surface area (Å²) in [5.74, 6) is -0.260. The van der Waals surface area contributed by atoms with Crippen molar-refractivity contribution in [2.75, 3.05) is 18.4 Å². The lowest BCUT2D eigenvalue weighted by molar-refractivity contribution is -0.135. The molecule has 0 unspecified atom stereocenters. The number of carbonyl (C=O) groups is 1. The molecule has 0 aliphatic rings. The van der Waals surface area contributed by atoms with Gasteiger partial charge < -0.3 is 15.7 Å². The van der Waals surface area contributed by atoms with E-state index in [1.54, 1.807) is 12.4 Å². The largest absolute Gasteiger partial charge is 0.480 e. The van der Waals surface area contributed by atoms with E-state index in [0.717, 1.165) is 24.9 Å². The van der Waals surface area contributed by atoms with Crippen LogP contribution in [0.25, 0.3) is 0 Å². The van der Waals surface area contributed by atoms with Gasteiger partial charge in [0.2, 0.25) is 5.95 Å². The topological polar surface area (TPSA) is 87.1 Å². The number of anilines is 1. The Morgan fingerprint density at radius 3 is 2.71 bits per heavy atom. The smallest absolute Gasteiger partial charge is 0.317 e. The van der Waals surface area contributed by atoms with E-state index in [-0.39, 0.29) is 6.54 Å². The number of nitrogens with zero attached hydrogens (tertiary/aromatic N) is 2. The predicted octanol–water partition coefficient (Wildman–Crippen LogP) is 0.863. The Bertz CT molecular complexity index is 340. The van der Waals surface area contributed by atoms with Crippen LogP contribution in [0.3, 0.4) is 0 Å². The van der Waals surface area contributed by atoms with Gasteiger partial charge in [-0.15, -0.1) is 0 Å². The molecule has 1 aromatic heterocycles. The van der Waals surface area contributed by atoms with E-state index < -0.39 is 5.97 Å². The minimum absolute atomic E-state index is 0.0590. The molecule has 0 radical (unpaired) electrons. The Labute approximate surface area is 100 Å². The van der Waals surface area contributed by atoms with Gasteiger partial charge in [0.15, 0.2) is 0 Å². The summed E-state index contributed by atoms with van der Waals surface area (Å²) in [6.45, 7) is 3.39. The van der Waals surface area contributed by atoms with E-state index in [4.69, 9.17) is 5.11 Å². The summed E-state index contributed by atoms with van der Waals surface area (Å²) >= 11 is 0. The number of hydrogen-bond donors (Lipinski definition) is 3. The number of aliphatic carboxylic acids is 1. The van der Waals surface area contributed by atoms with Crippen molar-refractivity contribution in [3.05, 3.63) is 18.0 Å². The number of rotatable bonds is 8. The van der Waals surface area contributed by atoms with Gasteiger partial charge in [0.05, 0.1) is 6.54 Å². The number of nitrogens with one attached hydrogen (secondary N) is 2. The molecule has 0 saturated carbocycles. The first-order chi connectivity index (χ1) is 8.22. The van der Waals surface area contributed by atoms with E-state index in [1.807, 2.05) is 0 Å². The highest BCUT2D eigenvalue weighted by molar-refractivity contribution is 5.68. The molecule has 0 amide bonds. The second-order valence-electron chi connectivity index (χ2n) is 3.69. The van der Waals surface area contributed by atoms with Crippen molar-refractivity contribution in [2.24, 2.45) is 0 Å². The van der Waals surface area contributed by atoms with Gasteiger partial charge in [-0.3, -0.25) is 4.79 Å². The van der Waals surface area contributed by atoms with Crippen LogP contribution in [0.15, 0.2) is 12.4 Å². The number of aromatic nitrogens is 2. The van der Waals surface area contributed by atoms with Gasteiger partial charge in [-0.1, -0.05) is 13.3 Å². The highest BCUT2D eigenvalue weighted by atomic mass is 16.4. The molecular formula is C11H18N4O2. The monoisotopic (exact) mass is 238 g/mol. The van der Waals surface area contributed by atoms with E-state index in [0.29, 0.717) is 12.5 Å². The Morgan fingerprint density at radius 1 is 1.41 bits per heavy atom. The molecule has 0 aliphatic heterocycles. The zero-order valence-electron chi connectivity index (χ0n) is 9.94. The average Bonchev–Trinajstić information content (AvgIpc) is 2.31. The summed E-state index contributed by atoms with van der Waals surface area (Å²) in [6, 6.07) is 0. The Kier molecular flexibility index (Phi) is 5.95. The Morgan fingerprint density at radius 2 is 2.12 bits per heavy atom. The lowest BCUT2D eigenvalue weighted by atomic mass is 10.3. The van der Waals surface area contributed by atoms with Gasteiger partial charge in [-0.2, -0.15) is 0 Å². The third-order valence-electron chi connectivity index (χ3n) is 2.12.